The molecular weight excluding hydrogens is 330 g/mol. The molecule has 0 heterocycles. The van der Waals surface area contributed by atoms with Gasteiger partial charge in [0, 0.05) is 0 Å². The highest BCUT2D eigenvalue weighted by atomic mass is 32.2. The van der Waals surface area contributed by atoms with Crippen LogP contribution in [0.25, 0.3) is 0 Å². The fraction of sp³-hybridized carbons (Fsp3) is 0.500. The van der Waals surface area contributed by atoms with E-state index in [9.17, 15) is 21.6 Å². The van der Waals surface area contributed by atoms with Gasteiger partial charge >= 0.3 is 6.18 Å². The second-order valence-electron chi connectivity index (χ2n) is 4.73. The number of rotatable bonds is 7. The number of halogens is 3. The molecule has 1 aromatic rings. The molecule has 23 heavy (non-hydrogen) atoms. The molecule has 0 bridgehead atoms. The van der Waals surface area contributed by atoms with Crippen molar-refractivity contribution >= 4 is 33.7 Å². The van der Waals surface area contributed by atoms with Gasteiger partial charge in [0.25, 0.3) is 10.1 Å². The molecule has 1 unspecified atom stereocenters. The van der Waals surface area contributed by atoms with E-state index >= 15 is 0 Å². The molecule has 0 aliphatic carbocycles. The highest BCUT2D eigenvalue weighted by Crippen LogP contribution is 2.29. The summed E-state index contributed by atoms with van der Waals surface area (Å²) in [6.45, 7) is 0. The molecule has 120 valence electrons. The fourth-order valence-electron chi connectivity index (χ4n) is 2.01. The Kier molecular flexibility index (Phi) is 6.64. The largest absolute Gasteiger partial charge is 0.480 e. The average molecular weight is 342 g/mol. The zero-order valence-electron chi connectivity index (χ0n) is 12.0. The summed E-state index contributed by atoms with van der Waals surface area (Å²) in [5.74, 6) is -1.88. The first-order valence-corrected chi connectivity index (χ1v) is 8.06. The maximum Gasteiger partial charge on any atom is 0.426 e. The molecule has 1 rings (SSSR count). The van der Waals surface area contributed by atoms with E-state index in [4.69, 9.17) is 32.8 Å². The Morgan fingerprint density at radius 2 is 1.57 bits per heavy atom. The van der Waals surface area contributed by atoms with Crippen molar-refractivity contribution in [2.24, 2.45) is 0 Å². The van der Waals surface area contributed by atoms with Gasteiger partial charge in [-0.2, -0.15) is 21.6 Å². The van der Waals surface area contributed by atoms with Gasteiger partial charge in [-0.15, -0.1) is 0 Å². The van der Waals surface area contributed by atoms with Crippen LogP contribution in [-0.4, -0.2) is 54.5 Å². The molecular formula is C12H12B3F3O4S. The van der Waals surface area contributed by atoms with E-state index in [1.807, 2.05) is 0 Å². The number of hydrogen-bond acceptors (Lipinski definition) is 3. The van der Waals surface area contributed by atoms with Crippen molar-refractivity contribution < 1.29 is 30.9 Å². The minimum atomic E-state index is -4.99. The SMILES string of the molecule is [B]Cc1cc(OC(CS(=O)(=O)O)C(F)(F)F)cc(C[B])c1C[B]. The second kappa shape index (κ2) is 7.66. The van der Waals surface area contributed by atoms with E-state index in [-0.39, 0.29) is 24.7 Å². The lowest BCUT2D eigenvalue weighted by Gasteiger charge is -2.22. The summed E-state index contributed by atoms with van der Waals surface area (Å²) in [5.41, 5.74) is 1.48. The lowest BCUT2D eigenvalue weighted by Crippen LogP contribution is -2.40. The Bertz CT molecular complexity index is 624. The molecule has 1 atom stereocenters. The van der Waals surface area contributed by atoms with Crippen LogP contribution in [0.3, 0.4) is 0 Å². The monoisotopic (exact) mass is 342 g/mol. The van der Waals surface area contributed by atoms with Gasteiger partial charge in [-0.3, -0.25) is 4.55 Å². The molecule has 6 radical (unpaired) electrons. The maximum absolute atomic E-state index is 12.9. The summed E-state index contributed by atoms with van der Waals surface area (Å²) in [6, 6.07) is 2.48. The lowest BCUT2D eigenvalue weighted by atomic mass is 9.80. The van der Waals surface area contributed by atoms with Crippen LogP contribution in [0, 0.1) is 0 Å². The van der Waals surface area contributed by atoms with Gasteiger partial charge in [0.2, 0.25) is 6.10 Å². The lowest BCUT2D eigenvalue weighted by molar-refractivity contribution is -0.188. The van der Waals surface area contributed by atoms with E-state index in [0.29, 0.717) is 16.7 Å². The topological polar surface area (TPSA) is 63.6 Å². The molecule has 0 aromatic heterocycles. The molecule has 0 spiro atoms. The van der Waals surface area contributed by atoms with Gasteiger partial charge in [0.15, 0.2) is 0 Å². The molecule has 1 N–H and O–H groups in total. The Labute approximate surface area is 136 Å². The van der Waals surface area contributed by atoms with Crippen molar-refractivity contribution in [2.45, 2.75) is 31.2 Å². The van der Waals surface area contributed by atoms with Crippen molar-refractivity contribution in [2.75, 3.05) is 5.75 Å². The summed E-state index contributed by atoms with van der Waals surface area (Å²) in [5, 5.41) is 0. The van der Waals surface area contributed by atoms with Gasteiger partial charge in [0.1, 0.15) is 11.5 Å². The van der Waals surface area contributed by atoms with Gasteiger partial charge in [0.05, 0.1) is 23.5 Å². The van der Waals surface area contributed by atoms with Crippen LogP contribution in [-0.2, 0) is 29.1 Å². The summed E-state index contributed by atoms with van der Waals surface area (Å²) in [4.78, 5) is 0. The van der Waals surface area contributed by atoms with E-state index in [1.54, 1.807) is 0 Å². The first-order chi connectivity index (χ1) is 10.5. The van der Waals surface area contributed by atoms with Gasteiger partial charge in [-0.25, -0.2) is 0 Å². The quantitative estimate of drug-likeness (QED) is 0.591. The highest BCUT2D eigenvalue weighted by molar-refractivity contribution is 7.85. The standard InChI is InChI=1S/C12H12B3F3O4S/c13-3-7-1-9(2-8(4-14)10(7)5-15)22-11(12(16,17)18)6-23(19,20)21/h1-2,11H,3-6H2,(H,19,20,21). The Balaban J connectivity index is 3.23. The predicted octanol–water partition coefficient (Wildman–Crippen LogP) is 0.890. The minimum Gasteiger partial charge on any atom is -0.480 e. The van der Waals surface area contributed by atoms with Crippen molar-refractivity contribution in [3.05, 3.63) is 28.8 Å². The van der Waals surface area contributed by atoms with Crippen molar-refractivity contribution in [1.82, 2.24) is 0 Å². The number of benzene rings is 1. The van der Waals surface area contributed by atoms with Gasteiger partial charge in [-0.1, -0.05) is 35.7 Å². The molecule has 0 aliphatic rings. The van der Waals surface area contributed by atoms with E-state index in [2.05, 4.69) is 0 Å². The molecule has 0 fully saturated rings. The van der Waals surface area contributed by atoms with Crippen LogP contribution in [0.2, 0.25) is 0 Å². The van der Waals surface area contributed by atoms with Crippen LogP contribution in [0.1, 0.15) is 16.7 Å². The first kappa shape index (κ1) is 20.0. The smallest absolute Gasteiger partial charge is 0.426 e. The molecule has 11 heteroatoms. The number of alkyl halides is 3. The number of ether oxygens (including phenoxy) is 1. The minimum absolute atomic E-state index is 0.00822. The molecule has 0 saturated heterocycles. The fourth-order valence-corrected chi connectivity index (χ4v) is 2.65. The predicted molar refractivity (Wildman–Crippen MR) is 81.7 cm³/mol. The van der Waals surface area contributed by atoms with Crippen LogP contribution in [0.4, 0.5) is 13.2 Å². The molecule has 4 nitrogen and oxygen atoms in total. The van der Waals surface area contributed by atoms with E-state index < -0.39 is 28.2 Å². The van der Waals surface area contributed by atoms with E-state index in [0.717, 1.165) is 0 Å². The summed E-state index contributed by atoms with van der Waals surface area (Å²) in [6.07, 6.45) is -7.64. The Morgan fingerprint density at radius 1 is 1.09 bits per heavy atom. The Morgan fingerprint density at radius 3 is 1.87 bits per heavy atom. The van der Waals surface area contributed by atoms with Gasteiger partial charge < -0.3 is 4.74 Å². The van der Waals surface area contributed by atoms with Crippen LogP contribution in [0.5, 0.6) is 5.75 Å². The van der Waals surface area contributed by atoms with Crippen LogP contribution >= 0.6 is 0 Å². The zero-order chi connectivity index (χ0) is 17.8. The third-order valence-corrected chi connectivity index (χ3v) is 3.78. The summed E-state index contributed by atoms with van der Waals surface area (Å²) in [7, 11) is 11.7. The second-order valence-corrected chi connectivity index (χ2v) is 6.23. The normalized spacial score (nSPS) is 13.7. The summed E-state index contributed by atoms with van der Waals surface area (Å²) < 4.78 is 73.5. The van der Waals surface area contributed by atoms with Crippen molar-refractivity contribution in [1.29, 1.82) is 0 Å². The van der Waals surface area contributed by atoms with Crippen molar-refractivity contribution in [3.8, 4) is 5.75 Å². The molecule has 1 aromatic carbocycles. The number of hydrogen-bond donors (Lipinski definition) is 1. The third-order valence-electron chi connectivity index (χ3n) is 3.06. The Hall–Kier alpha value is -1.09. The first-order valence-electron chi connectivity index (χ1n) is 6.45. The average Bonchev–Trinajstić information content (AvgIpc) is 2.43. The zero-order valence-corrected chi connectivity index (χ0v) is 12.8. The van der Waals surface area contributed by atoms with Crippen molar-refractivity contribution in [3.63, 3.8) is 0 Å². The van der Waals surface area contributed by atoms with Crippen LogP contribution < -0.4 is 4.74 Å². The third kappa shape index (κ3) is 5.80. The molecule has 0 saturated carbocycles. The highest BCUT2D eigenvalue weighted by Gasteiger charge is 2.44. The maximum atomic E-state index is 12.9. The van der Waals surface area contributed by atoms with E-state index in [1.165, 1.54) is 12.1 Å². The molecule has 0 aliphatic heterocycles. The van der Waals surface area contributed by atoms with Crippen LogP contribution in [0.15, 0.2) is 12.1 Å². The van der Waals surface area contributed by atoms with Gasteiger partial charge in [-0.05, 0) is 12.1 Å². The molecule has 0 amide bonds. The summed E-state index contributed by atoms with van der Waals surface area (Å²) >= 11 is 0.